The van der Waals surface area contributed by atoms with Gasteiger partial charge in [-0.1, -0.05) is 72.4 Å². The summed E-state index contributed by atoms with van der Waals surface area (Å²) >= 11 is 1.61. The highest BCUT2D eigenvalue weighted by atomic mass is 32.2. The number of thioether (sulfide) groups is 1. The van der Waals surface area contributed by atoms with Crippen LogP contribution in [0.3, 0.4) is 0 Å². The average molecular weight is 401 g/mol. The molecule has 0 atom stereocenters. The highest BCUT2D eigenvalue weighted by molar-refractivity contribution is 7.98. The smallest absolute Gasteiger partial charge is 0.212 e. The first-order valence-electron chi connectivity index (χ1n) is 9.19. The van der Waals surface area contributed by atoms with Gasteiger partial charge in [-0.05, 0) is 35.4 Å². The molecular weight excluding hydrogens is 380 g/mol. The molecule has 3 aromatic carbocycles. The number of hydrogen-bond acceptors (Lipinski definition) is 5. The maximum atomic E-state index is 5.22. The molecule has 0 aliphatic heterocycles. The minimum absolute atomic E-state index is 0.714. The standard InChI is InChI=1S/C23H20N4OS/c1-28-21-14-12-18(13-15-21)16-24-27-22(20-10-6-3-7-11-20)25-26-23(27)29-17-19-8-4-2-5-9-19/h2-16H,17H2,1H3. The lowest BCUT2D eigenvalue weighted by Crippen LogP contribution is -1.97. The summed E-state index contributed by atoms with van der Waals surface area (Å²) in [5.74, 6) is 2.33. The molecule has 6 heteroatoms. The van der Waals surface area contributed by atoms with E-state index in [0.717, 1.165) is 27.8 Å². The summed E-state index contributed by atoms with van der Waals surface area (Å²) in [7, 11) is 1.66. The second-order valence-electron chi connectivity index (χ2n) is 6.28. The molecule has 0 radical (unpaired) electrons. The van der Waals surface area contributed by atoms with Crippen LogP contribution in [-0.2, 0) is 5.75 Å². The summed E-state index contributed by atoms with van der Waals surface area (Å²) in [5.41, 5.74) is 3.17. The lowest BCUT2D eigenvalue weighted by Gasteiger charge is -2.05. The number of benzene rings is 3. The molecule has 0 unspecified atom stereocenters. The highest BCUT2D eigenvalue weighted by Gasteiger charge is 2.14. The molecule has 0 saturated heterocycles. The Labute approximate surface area is 174 Å². The topological polar surface area (TPSA) is 52.3 Å². The third kappa shape index (κ3) is 4.73. The number of aromatic nitrogens is 3. The second-order valence-corrected chi connectivity index (χ2v) is 7.22. The minimum Gasteiger partial charge on any atom is -0.497 e. The van der Waals surface area contributed by atoms with Crippen LogP contribution in [0.4, 0.5) is 0 Å². The van der Waals surface area contributed by atoms with E-state index in [1.54, 1.807) is 23.5 Å². The molecule has 0 N–H and O–H groups in total. The van der Waals surface area contributed by atoms with Crippen molar-refractivity contribution in [2.45, 2.75) is 10.9 Å². The summed E-state index contributed by atoms with van der Waals surface area (Å²) in [4.78, 5) is 0. The molecular formula is C23H20N4OS. The molecule has 4 rings (SSSR count). The zero-order valence-corrected chi connectivity index (χ0v) is 16.8. The molecule has 144 valence electrons. The van der Waals surface area contributed by atoms with Crippen LogP contribution in [0.5, 0.6) is 5.75 Å². The first-order chi connectivity index (χ1) is 14.3. The van der Waals surface area contributed by atoms with Crippen LogP contribution in [0.1, 0.15) is 11.1 Å². The van der Waals surface area contributed by atoms with Crippen LogP contribution in [-0.4, -0.2) is 28.2 Å². The van der Waals surface area contributed by atoms with Gasteiger partial charge in [0, 0.05) is 11.3 Å². The molecule has 0 saturated carbocycles. The molecule has 0 aliphatic carbocycles. The van der Waals surface area contributed by atoms with Gasteiger partial charge in [-0.3, -0.25) is 0 Å². The van der Waals surface area contributed by atoms with Crippen molar-refractivity contribution in [2.75, 3.05) is 7.11 Å². The number of hydrogen-bond donors (Lipinski definition) is 0. The largest absolute Gasteiger partial charge is 0.497 e. The van der Waals surface area contributed by atoms with Crippen molar-refractivity contribution in [1.29, 1.82) is 0 Å². The molecule has 0 fully saturated rings. The van der Waals surface area contributed by atoms with E-state index in [4.69, 9.17) is 4.74 Å². The Balaban J connectivity index is 1.64. The van der Waals surface area contributed by atoms with Crippen molar-refractivity contribution in [3.8, 4) is 17.1 Å². The lowest BCUT2D eigenvalue weighted by molar-refractivity contribution is 0.415. The maximum absolute atomic E-state index is 5.22. The highest BCUT2D eigenvalue weighted by Crippen LogP contribution is 2.26. The predicted octanol–water partition coefficient (Wildman–Crippen LogP) is 5.13. The van der Waals surface area contributed by atoms with E-state index < -0.39 is 0 Å². The van der Waals surface area contributed by atoms with Crippen LogP contribution in [0.25, 0.3) is 11.4 Å². The summed E-state index contributed by atoms with van der Waals surface area (Å²) in [5, 5.41) is 14.2. The first kappa shape index (κ1) is 19.0. The fraction of sp³-hybridized carbons (Fsp3) is 0.0870. The average Bonchev–Trinajstić information content (AvgIpc) is 3.20. The molecule has 0 aliphatic rings. The van der Waals surface area contributed by atoms with Gasteiger partial charge in [0.05, 0.1) is 13.3 Å². The Hall–Kier alpha value is -3.38. The molecule has 0 spiro atoms. The van der Waals surface area contributed by atoms with Crippen molar-refractivity contribution in [2.24, 2.45) is 5.10 Å². The molecule has 5 nitrogen and oxygen atoms in total. The molecule has 0 amide bonds. The van der Waals surface area contributed by atoms with Crippen molar-refractivity contribution in [1.82, 2.24) is 14.9 Å². The number of ether oxygens (including phenoxy) is 1. The van der Waals surface area contributed by atoms with Crippen molar-refractivity contribution < 1.29 is 4.74 Å². The van der Waals surface area contributed by atoms with Gasteiger partial charge in [-0.25, -0.2) is 0 Å². The van der Waals surface area contributed by atoms with E-state index in [-0.39, 0.29) is 0 Å². The Bertz CT molecular complexity index is 1080. The van der Waals surface area contributed by atoms with Crippen LogP contribution in [0.15, 0.2) is 95.2 Å². The van der Waals surface area contributed by atoms with Gasteiger partial charge in [-0.15, -0.1) is 10.2 Å². The van der Waals surface area contributed by atoms with Crippen molar-refractivity contribution in [3.63, 3.8) is 0 Å². The maximum Gasteiger partial charge on any atom is 0.212 e. The van der Waals surface area contributed by atoms with E-state index in [0.29, 0.717) is 5.82 Å². The monoisotopic (exact) mass is 400 g/mol. The van der Waals surface area contributed by atoms with Gasteiger partial charge in [0.2, 0.25) is 5.16 Å². The first-order valence-corrected chi connectivity index (χ1v) is 10.2. The third-order valence-corrected chi connectivity index (χ3v) is 5.28. The molecule has 4 aromatic rings. The molecule has 1 aromatic heterocycles. The van der Waals surface area contributed by atoms with Gasteiger partial charge < -0.3 is 4.74 Å². The van der Waals surface area contributed by atoms with Crippen LogP contribution < -0.4 is 4.74 Å². The zero-order valence-electron chi connectivity index (χ0n) is 16.0. The van der Waals surface area contributed by atoms with Gasteiger partial charge in [0.25, 0.3) is 0 Å². The van der Waals surface area contributed by atoms with E-state index in [1.165, 1.54) is 5.56 Å². The second kappa shape index (κ2) is 9.21. The quantitative estimate of drug-likeness (QED) is 0.319. The Kier molecular flexibility index (Phi) is 6.02. The van der Waals surface area contributed by atoms with Crippen LogP contribution >= 0.6 is 11.8 Å². The SMILES string of the molecule is COc1ccc(C=Nn2c(SCc3ccccc3)nnc2-c2ccccc2)cc1. The van der Waals surface area contributed by atoms with Gasteiger partial charge in [-0.2, -0.15) is 9.78 Å². The van der Waals surface area contributed by atoms with E-state index in [1.807, 2.05) is 79.0 Å². The fourth-order valence-corrected chi connectivity index (χ4v) is 3.61. The van der Waals surface area contributed by atoms with Crippen molar-refractivity contribution in [3.05, 3.63) is 96.1 Å². The summed E-state index contributed by atoms with van der Waals surface area (Å²) in [6.07, 6.45) is 1.81. The van der Waals surface area contributed by atoms with Gasteiger partial charge >= 0.3 is 0 Å². The lowest BCUT2D eigenvalue weighted by atomic mass is 10.2. The summed E-state index contributed by atoms with van der Waals surface area (Å²) in [6.45, 7) is 0. The third-order valence-electron chi connectivity index (χ3n) is 4.29. The van der Waals surface area contributed by atoms with Gasteiger partial charge in [0.15, 0.2) is 5.82 Å². The normalized spacial score (nSPS) is 11.1. The number of nitrogens with zero attached hydrogens (tertiary/aromatic N) is 4. The van der Waals surface area contributed by atoms with E-state index in [2.05, 4.69) is 27.4 Å². The summed E-state index contributed by atoms with van der Waals surface area (Å²) < 4.78 is 7.02. The number of rotatable bonds is 7. The van der Waals surface area contributed by atoms with E-state index in [9.17, 15) is 0 Å². The molecule has 0 bridgehead atoms. The van der Waals surface area contributed by atoms with E-state index >= 15 is 0 Å². The molecule has 29 heavy (non-hydrogen) atoms. The predicted molar refractivity (Wildman–Crippen MR) is 117 cm³/mol. The fourth-order valence-electron chi connectivity index (χ4n) is 2.76. The number of methoxy groups -OCH3 is 1. The Morgan fingerprint density at radius 1 is 0.897 bits per heavy atom. The van der Waals surface area contributed by atoms with Crippen LogP contribution in [0, 0.1) is 0 Å². The summed E-state index contributed by atoms with van der Waals surface area (Å²) in [6, 6.07) is 28.0. The van der Waals surface area contributed by atoms with Gasteiger partial charge in [0.1, 0.15) is 5.75 Å². The zero-order chi connectivity index (χ0) is 19.9. The molecule has 1 heterocycles. The minimum atomic E-state index is 0.714. The Morgan fingerprint density at radius 2 is 1.59 bits per heavy atom. The van der Waals surface area contributed by atoms with Crippen LogP contribution in [0.2, 0.25) is 0 Å². The van der Waals surface area contributed by atoms with Crippen molar-refractivity contribution >= 4 is 18.0 Å². The Morgan fingerprint density at radius 3 is 2.28 bits per heavy atom.